The van der Waals surface area contributed by atoms with Crippen molar-refractivity contribution in [3.8, 4) is 0 Å². The minimum Gasteiger partial charge on any atom is -0.396 e. The molecule has 0 radical (unpaired) electrons. The van der Waals surface area contributed by atoms with Crippen molar-refractivity contribution in [1.82, 2.24) is 4.90 Å². The first-order chi connectivity index (χ1) is 9.99. The quantitative estimate of drug-likeness (QED) is 0.787. The minimum atomic E-state index is -0.175. The predicted molar refractivity (Wildman–Crippen MR) is 83.5 cm³/mol. The van der Waals surface area contributed by atoms with Crippen LogP contribution >= 0.6 is 0 Å². The fraction of sp³-hybridized carbons (Fsp3) is 0.588. The highest BCUT2D eigenvalue weighted by Crippen LogP contribution is 2.40. The Kier molecular flexibility index (Phi) is 5.01. The predicted octanol–water partition coefficient (Wildman–Crippen LogP) is 1.94. The second-order valence-corrected chi connectivity index (χ2v) is 6.27. The second kappa shape index (κ2) is 6.58. The van der Waals surface area contributed by atoms with Crippen LogP contribution in [0.15, 0.2) is 30.3 Å². The molecule has 4 unspecified atom stereocenters. The first-order valence-corrected chi connectivity index (χ1v) is 7.72. The Bertz CT molecular complexity index is 475. The average molecular weight is 290 g/mol. The maximum atomic E-state index is 12.5. The van der Waals surface area contributed by atoms with Gasteiger partial charge in [0.2, 0.25) is 5.91 Å². The molecule has 1 heterocycles. The molecule has 0 bridgehead atoms. The van der Waals surface area contributed by atoms with E-state index in [2.05, 4.69) is 13.8 Å². The molecule has 4 heteroatoms. The van der Waals surface area contributed by atoms with E-state index in [0.29, 0.717) is 6.42 Å². The number of nitrogens with two attached hydrogens (primary N) is 1. The van der Waals surface area contributed by atoms with Gasteiger partial charge in [0.1, 0.15) is 0 Å². The van der Waals surface area contributed by atoms with Gasteiger partial charge in [-0.05, 0) is 24.8 Å². The van der Waals surface area contributed by atoms with Crippen molar-refractivity contribution < 1.29 is 9.90 Å². The molecule has 0 aliphatic carbocycles. The number of carbonyl (C=O) groups excluding carboxylic acids is 1. The molecular weight excluding hydrogens is 264 g/mol. The Morgan fingerprint density at radius 2 is 1.86 bits per heavy atom. The average Bonchev–Trinajstić information content (AvgIpc) is 2.45. The highest BCUT2D eigenvalue weighted by Gasteiger charge is 2.52. The van der Waals surface area contributed by atoms with E-state index in [9.17, 15) is 4.79 Å². The molecule has 4 nitrogen and oxygen atoms in total. The fourth-order valence-electron chi connectivity index (χ4n) is 3.37. The molecule has 3 N–H and O–H groups in total. The lowest BCUT2D eigenvalue weighted by molar-refractivity contribution is -0.166. The van der Waals surface area contributed by atoms with Crippen LogP contribution in [0.25, 0.3) is 0 Å². The molecule has 1 aliphatic rings. The largest absolute Gasteiger partial charge is 0.396 e. The number of aliphatic hydroxyl groups excluding tert-OH is 1. The Morgan fingerprint density at radius 1 is 1.24 bits per heavy atom. The van der Waals surface area contributed by atoms with Crippen LogP contribution < -0.4 is 5.73 Å². The molecule has 1 fully saturated rings. The molecule has 4 atom stereocenters. The number of aliphatic hydroxyl groups is 1. The lowest BCUT2D eigenvalue weighted by Gasteiger charge is -2.54. The lowest BCUT2D eigenvalue weighted by Crippen LogP contribution is -2.69. The van der Waals surface area contributed by atoms with E-state index in [1.54, 1.807) is 0 Å². The van der Waals surface area contributed by atoms with E-state index in [0.717, 1.165) is 5.56 Å². The molecule has 0 saturated carbocycles. The molecule has 1 amide bonds. The monoisotopic (exact) mass is 290 g/mol. The highest BCUT2D eigenvalue weighted by atomic mass is 16.3. The Labute approximate surface area is 126 Å². The zero-order chi connectivity index (χ0) is 15.6. The van der Waals surface area contributed by atoms with Crippen LogP contribution in [-0.4, -0.2) is 34.6 Å². The maximum absolute atomic E-state index is 12.5. The summed E-state index contributed by atoms with van der Waals surface area (Å²) in [5.74, 6) is 0.420. The number of β-lactam (4-membered cyclic amide) rings is 1. The smallest absolute Gasteiger partial charge is 0.228 e. The van der Waals surface area contributed by atoms with Gasteiger partial charge >= 0.3 is 0 Å². The second-order valence-electron chi connectivity index (χ2n) is 6.27. The van der Waals surface area contributed by atoms with Gasteiger partial charge in [0.25, 0.3) is 0 Å². The van der Waals surface area contributed by atoms with Gasteiger partial charge in [-0.2, -0.15) is 0 Å². The van der Waals surface area contributed by atoms with E-state index in [4.69, 9.17) is 10.8 Å². The summed E-state index contributed by atoms with van der Waals surface area (Å²) in [6.45, 7) is 6.23. The maximum Gasteiger partial charge on any atom is 0.228 e. The van der Waals surface area contributed by atoms with E-state index in [-0.39, 0.29) is 42.5 Å². The first-order valence-electron chi connectivity index (χ1n) is 7.72. The van der Waals surface area contributed by atoms with Crippen molar-refractivity contribution in [3.63, 3.8) is 0 Å². The van der Waals surface area contributed by atoms with Gasteiger partial charge in [-0.15, -0.1) is 0 Å². The van der Waals surface area contributed by atoms with Crippen molar-refractivity contribution >= 4 is 5.91 Å². The van der Waals surface area contributed by atoms with Crippen molar-refractivity contribution in [2.24, 2.45) is 17.6 Å². The van der Waals surface area contributed by atoms with Crippen molar-refractivity contribution in [2.75, 3.05) is 6.61 Å². The highest BCUT2D eigenvalue weighted by molar-refractivity contribution is 5.87. The summed E-state index contributed by atoms with van der Waals surface area (Å²) in [6.07, 6.45) is 0.527. The van der Waals surface area contributed by atoms with Gasteiger partial charge in [0, 0.05) is 12.6 Å². The van der Waals surface area contributed by atoms with E-state index in [1.165, 1.54) is 0 Å². The molecule has 1 aromatic rings. The molecule has 1 aliphatic heterocycles. The Morgan fingerprint density at radius 3 is 2.38 bits per heavy atom. The Hall–Kier alpha value is -1.39. The van der Waals surface area contributed by atoms with Crippen LogP contribution in [0.1, 0.15) is 38.8 Å². The van der Waals surface area contributed by atoms with Gasteiger partial charge < -0.3 is 15.7 Å². The number of likely N-dealkylation sites (tertiary alicyclic amines) is 1. The first kappa shape index (κ1) is 16.0. The third-order valence-electron chi connectivity index (χ3n) is 4.55. The summed E-state index contributed by atoms with van der Waals surface area (Å²) in [5, 5.41) is 9.15. The molecule has 116 valence electrons. The molecule has 0 spiro atoms. The minimum absolute atomic E-state index is 0.0138. The number of hydrogen-bond acceptors (Lipinski definition) is 3. The molecule has 1 aromatic carbocycles. The number of rotatable bonds is 6. The molecule has 1 saturated heterocycles. The van der Waals surface area contributed by atoms with Crippen LogP contribution in [0.5, 0.6) is 0 Å². The molecule has 2 rings (SSSR count). The third-order valence-corrected chi connectivity index (χ3v) is 4.55. The van der Waals surface area contributed by atoms with Crippen molar-refractivity contribution in [1.29, 1.82) is 0 Å². The summed E-state index contributed by atoms with van der Waals surface area (Å²) < 4.78 is 0. The van der Waals surface area contributed by atoms with Crippen molar-refractivity contribution in [2.45, 2.75) is 45.3 Å². The van der Waals surface area contributed by atoms with Gasteiger partial charge in [-0.1, -0.05) is 44.2 Å². The Balaban J connectivity index is 2.22. The topological polar surface area (TPSA) is 66.6 Å². The lowest BCUT2D eigenvalue weighted by atomic mass is 9.73. The molecular formula is C17H26N2O2. The van der Waals surface area contributed by atoms with Gasteiger partial charge in [-0.25, -0.2) is 0 Å². The van der Waals surface area contributed by atoms with E-state index >= 15 is 0 Å². The summed E-state index contributed by atoms with van der Waals surface area (Å²) in [6, 6.07) is 9.87. The van der Waals surface area contributed by atoms with Gasteiger partial charge in [-0.3, -0.25) is 4.79 Å². The number of carbonyl (C=O) groups is 1. The molecule has 21 heavy (non-hydrogen) atoms. The van der Waals surface area contributed by atoms with Crippen LogP contribution in [-0.2, 0) is 4.79 Å². The fourth-order valence-corrected chi connectivity index (χ4v) is 3.37. The van der Waals surface area contributed by atoms with E-state index < -0.39 is 0 Å². The standard InChI is InChI=1S/C17H26N2O2/c1-11(2)15-16(14(18)9-10-20)19(17(15)21)12(3)13-7-5-4-6-8-13/h4-8,11-12,14-16,20H,9-10,18H2,1-3H3. The summed E-state index contributed by atoms with van der Waals surface area (Å²) >= 11 is 0. The third kappa shape index (κ3) is 2.97. The number of hydrogen-bond donors (Lipinski definition) is 2. The van der Waals surface area contributed by atoms with Gasteiger partial charge in [0.05, 0.1) is 18.0 Å². The summed E-state index contributed by atoms with van der Waals surface area (Å²) in [5.41, 5.74) is 7.35. The molecule has 0 aromatic heterocycles. The SMILES string of the molecule is CC(C)C1C(=O)N(C(C)c2ccccc2)C1C(N)CCO. The van der Waals surface area contributed by atoms with Crippen LogP contribution in [0.4, 0.5) is 0 Å². The number of amides is 1. The van der Waals surface area contributed by atoms with E-state index in [1.807, 2.05) is 42.2 Å². The van der Waals surface area contributed by atoms with Crippen LogP contribution in [0.2, 0.25) is 0 Å². The summed E-state index contributed by atoms with van der Waals surface area (Å²) in [7, 11) is 0. The number of benzene rings is 1. The normalized spacial score (nSPS) is 24.9. The van der Waals surface area contributed by atoms with Crippen molar-refractivity contribution in [3.05, 3.63) is 35.9 Å². The van der Waals surface area contributed by atoms with Crippen LogP contribution in [0.3, 0.4) is 0 Å². The van der Waals surface area contributed by atoms with Gasteiger partial charge in [0.15, 0.2) is 0 Å². The number of nitrogens with zero attached hydrogens (tertiary/aromatic N) is 1. The van der Waals surface area contributed by atoms with Crippen LogP contribution in [0, 0.1) is 11.8 Å². The zero-order valence-corrected chi connectivity index (χ0v) is 13.1. The zero-order valence-electron chi connectivity index (χ0n) is 13.1. The summed E-state index contributed by atoms with van der Waals surface area (Å²) in [4.78, 5) is 14.4.